The van der Waals surface area contributed by atoms with E-state index in [-0.39, 0.29) is 23.4 Å². The van der Waals surface area contributed by atoms with Gasteiger partial charge in [0.25, 0.3) is 0 Å². The maximum Gasteiger partial charge on any atom is 0.353 e. The van der Waals surface area contributed by atoms with Crippen molar-refractivity contribution in [2.24, 2.45) is 0 Å². The van der Waals surface area contributed by atoms with Crippen molar-refractivity contribution in [3.8, 4) is 0 Å². The van der Waals surface area contributed by atoms with Crippen molar-refractivity contribution in [3.05, 3.63) is 16.4 Å². The summed E-state index contributed by atoms with van der Waals surface area (Å²) >= 11 is 0. The molecular formula is C11H19N5O3S. The number of anilines is 2. The Morgan fingerprint density at radius 2 is 2.10 bits per heavy atom. The summed E-state index contributed by atoms with van der Waals surface area (Å²) in [7, 11) is -0.988. The highest BCUT2D eigenvalue weighted by molar-refractivity contribution is 7.84. The molecule has 2 atom stereocenters. The van der Waals surface area contributed by atoms with Gasteiger partial charge in [-0.3, -0.25) is 14.3 Å². The molecule has 0 saturated carbocycles. The summed E-state index contributed by atoms with van der Waals surface area (Å²) in [4.78, 5) is 18.5. The largest absolute Gasteiger partial charge is 0.364 e. The van der Waals surface area contributed by atoms with Crippen molar-refractivity contribution in [1.82, 2.24) is 9.97 Å². The molecule has 0 aliphatic carbocycles. The Balaban J connectivity index is 2.99. The van der Waals surface area contributed by atoms with Gasteiger partial charge in [0.05, 0.1) is 4.92 Å². The van der Waals surface area contributed by atoms with E-state index in [1.165, 1.54) is 6.33 Å². The van der Waals surface area contributed by atoms with E-state index in [0.29, 0.717) is 12.3 Å². The molecule has 0 amide bonds. The minimum atomic E-state index is -0.988. The van der Waals surface area contributed by atoms with Crippen molar-refractivity contribution in [2.75, 3.05) is 29.2 Å². The van der Waals surface area contributed by atoms with Crippen LogP contribution in [0.25, 0.3) is 0 Å². The molecule has 1 rings (SSSR count). The van der Waals surface area contributed by atoms with E-state index < -0.39 is 15.7 Å². The maximum atomic E-state index is 11.2. The third kappa shape index (κ3) is 4.72. The Kier molecular flexibility index (Phi) is 6.29. The minimum absolute atomic E-state index is 0.140. The van der Waals surface area contributed by atoms with E-state index in [2.05, 4.69) is 20.6 Å². The first-order valence-electron chi connectivity index (χ1n) is 6.25. The molecule has 112 valence electrons. The smallest absolute Gasteiger partial charge is 0.353 e. The standard InChI is InChI=1S/C11H19N5O3S/c1-4-5-12-10-9(16(17)18)11(14-7-13-10)15-8(2)6-20(3)19/h7-8H,4-6H2,1-3H3,(H2,12,13,14,15). The second kappa shape index (κ2) is 7.73. The number of nitrogens with zero attached hydrogens (tertiary/aromatic N) is 3. The van der Waals surface area contributed by atoms with E-state index in [1.54, 1.807) is 13.2 Å². The number of hydrogen-bond acceptors (Lipinski definition) is 7. The van der Waals surface area contributed by atoms with Crippen LogP contribution < -0.4 is 10.6 Å². The zero-order chi connectivity index (χ0) is 15.1. The first-order valence-corrected chi connectivity index (χ1v) is 7.98. The lowest BCUT2D eigenvalue weighted by Gasteiger charge is -2.14. The average molecular weight is 301 g/mol. The number of nitro groups is 1. The summed E-state index contributed by atoms with van der Waals surface area (Å²) < 4.78 is 11.2. The normalized spacial score (nSPS) is 13.6. The lowest BCUT2D eigenvalue weighted by molar-refractivity contribution is -0.383. The van der Waals surface area contributed by atoms with E-state index in [0.717, 1.165) is 6.42 Å². The van der Waals surface area contributed by atoms with E-state index in [9.17, 15) is 14.3 Å². The summed E-state index contributed by atoms with van der Waals surface area (Å²) in [6.07, 6.45) is 3.68. The summed E-state index contributed by atoms with van der Waals surface area (Å²) in [5, 5.41) is 17.0. The predicted octanol–water partition coefficient (Wildman–Crippen LogP) is 1.39. The average Bonchev–Trinajstić information content (AvgIpc) is 2.34. The van der Waals surface area contributed by atoms with Gasteiger partial charge in [-0.1, -0.05) is 6.92 Å². The highest BCUT2D eigenvalue weighted by atomic mass is 32.2. The molecule has 8 nitrogen and oxygen atoms in total. The van der Waals surface area contributed by atoms with E-state index in [1.807, 2.05) is 6.92 Å². The zero-order valence-corrected chi connectivity index (χ0v) is 12.6. The first kappa shape index (κ1) is 16.3. The molecule has 0 radical (unpaired) electrons. The molecule has 1 aromatic heterocycles. The van der Waals surface area contributed by atoms with Gasteiger partial charge in [-0.05, 0) is 13.3 Å². The summed E-state index contributed by atoms with van der Waals surface area (Å²) in [6, 6.07) is -0.187. The molecule has 0 saturated heterocycles. The number of aromatic nitrogens is 2. The van der Waals surface area contributed by atoms with Gasteiger partial charge in [-0.15, -0.1) is 0 Å². The van der Waals surface area contributed by atoms with Crippen LogP contribution in [0.3, 0.4) is 0 Å². The van der Waals surface area contributed by atoms with Crippen molar-refractivity contribution in [1.29, 1.82) is 0 Å². The van der Waals surface area contributed by atoms with Gasteiger partial charge >= 0.3 is 5.69 Å². The fraction of sp³-hybridized carbons (Fsp3) is 0.636. The lowest BCUT2D eigenvalue weighted by atomic mass is 10.3. The van der Waals surface area contributed by atoms with Gasteiger partial charge in [0.15, 0.2) is 0 Å². The Labute approximate surface area is 120 Å². The molecule has 9 heteroatoms. The van der Waals surface area contributed by atoms with Crippen LogP contribution in [0.1, 0.15) is 20.3 Å². The number of hydrogen-bond donors (Lipinski definition) is 2. The highest BCUT2D eigenvalue weighted by Gasteiger charge is 2.23. The third-order valence-corrected chi connectivity index (χ3v) is 3.38. The summed E-state index contributed by atoms with van der Waals surface area (Å²) in [5.41, 5.74) is -0.185. The molecule has 0 fully saturated rings. The van der Waals surface area contributed by atoms with Gasteiger partial charge < -0.3 is 10.6 Å². The maximum absolute atomic E-state index is 11.2. The highest BCUT2D eigenvalue weighted by Crippen LogP contribution is 2.29. The predicted molar refractivity (Wildman–Crippen MR) is 79.5 cm³/mol. The fourth-order valence-electron chi connectivity index (χ4n) is 1.66. The van der Waals surface area contributed by atoms with Gasteiger partial charge in [0, 0.05) is 35.4 Å². The molecule has 0 aliphatic rings. The van der Waals surface area contributed by atoms with Gasteiger partial charge in [-0.2, -0.15) is 0 Å². The molecule has 1 aromatic rings. The van der Waals surface area contributed by atoms with Crippen LogP contribution in [0.15, 0.2) is 6.33 Å². The Morgan fingerprint density at radius 1 is 1.45 bits per heavy atom. The second-order valence-corrected chi connectivity index (χ2v) is 5.87. The van der Waals surface area contributed by atoms with E-state index in [4.69, 9.17) is 0 Å². The molecule has 0 bridgehead atoms. The minimum Gasteiger partial charge on any atom is -0.364 e. The van der Waals surface area contributed by atoms with Crippen LogP contribution >= 0.6 is 0 Å². The van der Waals surface area contributed by atoms with Crippen molar-refractivity contribution in [3.63, 3.8) is 0 Å². The van der Waals surface area contributed by atoms with Crippen LogP contribution in [0, 0.1) is 10.1 Å². The van der Waals surface area contributed by atoms with Crippen molar-refractivity contribution < 1.29 is 9.13 Å². The lowest BCUT2D eigenvalue weighted by Crippen LogP contribution is -2.24. The SMILES string of the molecule is CCCNc1ncnc(NC(C)CS(C)=O)c1[N+](=O)[O-]. The fourth-order valence-corrected chi connectivity index (χ4v) is 2.44. The number of nitrogens with one attached hydrogen (secondary N) is 2. The monoisotopic (exact) mass is 301 g/mol. The van der Waals surface area contributed by atoms with Crippen molar-refractivity contribution in [2.45, 2.75) is 26.3 Å². The molecule has 0 spiro atoms. The van der Waals surface area contributed by atoms with Gasteiger partial charge in [0.1, 0.15) is 6.33 Å². The zero-order valence-electron chi connectivity index (χ0n) is 11.8. The topological polar surface area (TPSA) is 110 Å². The Morgan fingerprint density at radius 3 is 2.65 bits per heavy atom. The molecular weight excluding hydrogens is 282 g/mol. The molecule has 0 aliphatic heterocycles. The summed E-state index contributed by atoms with van der Waals surface area (Å²) in [5.74, 6) is 0.722. The van der Waals surface area contributed by atoms with Crippen molar-refractivity contribution >= 4 is 28.1 Å². The van der Waals surface area contributed by atoms with Crippen LogP contribution in [0.4, 0.5) is 17.3 Å². The van der Waals surface area contributed by atoms with Crippen LogP contribution in [-0.4, -0.2) is 43.7 Å². The van der Waals surface area contributed by atoms with Gasteiger partial charge in [0.2, 0.25) is 11.6 Å². The van der Waals surface area contributed by atoms with Crippen LogP contribution in [0.5, 0.6) is 0 Å². The molecule has 0 aromatic carbocycles. The summed E-state index contributed by atoms with van der Waals surface area (Å²) in [6.45, 7) is 4.34. The first-order chi connectivity index (χ1) is 9.45. The van der Waals surface area contributed by atoms with Crippen LogP contribution in [0.2, 0.25) is 0 Å². The van der Waals surface area contributed by atoms with E-state index >= 15 is 0 Å². The van der Waals surface area contributed by atoms with Crippen LogP contribution in [-0.2, 0) is 10.8 Å². The van der Waals surface area contributed by atoms with Gasteiger partial charge in [-0.25, -0.2) is 9.97 Å². The quantitative estimate of drug-likeness (QED) is 0.551. The molecule has 20 heavy (non-hydrogen) atoms. The Bertz CT molecular complexity index is 497. The molecule has 2 N–H and O–H groups in total. The Hall–Kier alpha value is -1.77. The molecule has 1 heterocycles. The number of rotatable bonds is 8. The second-order valence-electron chi connectivity index (χ2n) is 4.39. The molecule has 2 unspecified atom stereocenters. The third-order valence-electron chi connectivity index (χ3n) is 2.42.